The number of amides is 2. The van der Waals surface area contributed by atoms with E-state index >= 15 is 0 Å². The molecule has 2 saturated heterocycles. The summed E-state index contributed by atoms with van der Waals surface area (Å²) in [6.45, 7) is 4.32. The molecular weight excluding hydrogens is 318 g/mol. The molecule has 2 aliphatic heterocycles. The molecule has 2 heterocycles. The van der Waals surface area contributed by atoms with Crippen LogP contribution in [0.3, 0.4) is 0 Å². The first kappa shape index (κ1) is 16.4. The Bertz CT molecular complexity index is 543. The summed E-state index contributed by atoms with van der Waals surface area (Å²) in [6, 6.07) is 5.40. The molecule has 0 bridgehead atoms. The van der Waals surface area contributed by atoms with Crippen LogP contribution in [-0.4, -0.2) is 51.6 Å². The minimum absolute atomic E-state index is 0.0646. The molecule has 7 heteroatoms. The second-order valence-electron chi connectivity index (χ2n) is 5.77. The number of hydrogen-bond donors (Lipinski definition) is 2. The van der Waals surface area contributed by atoms with E-state index in [1.165, 1.54) is 0 Å². The van der Waals surface area contributed by atoms with E-state index in [2.05, 4.69) is 15.5 Å². The average molecular weight is 340 g/mol. The van der Waals surface area contributed by atoms with Crippen LogP contribution in [0.15, 0.2) is 18.2 Å². The summed E-state index contributed by atoms with van der Waals surface area (Å²) in [5.74, 6) is 0. The Morgan fingerprint density at radius 2 is 2.04 bits per heavy atom. The van der Waals surface area contributed by atoms with E-state index < -0.39 is 0 Å². The van der Waals surface area contributed by atoms with Gasteiger partial charge in [-0.25, -0.2) is 4.79 Å². The summed E-state index contributed by atoms with van der Waals surface area (Å²) in [6.07, 6.45) is 1.92. The first-order valence-electron chi connectivity index (χ1n) is 8.00. The second kappa shape index (κ2) is 7.86. The van der Waals surface area contributed by atoms with Crippen molar-refractivity contribution in [3.05, 3.63) is 23.2 Å². The van der Waals surface area contributed by atoms with Crippen molar-refractivity contribution < 1.29 is 14.3 Å². The average Bonchev–Trinajstić information content (AvgIpc) is 2.56. The fraction of sp³-hybridized carbons (Fsp3) is 0.562. The molecule has 0 unspecified atom stereocenters. The summed E-state index contributed by atoms with van der Waals surface area (Å²) < 4.78 is 10.8. The van der Waals surface area contributed by atoms with Gasteiger partial charge in [0, 0.05) is 24.7 Å². The lowest BCUT2D eigenvalue weighted by atomic mass is 10.1. The SMILES string of the molecule is O=C(Nc1cc(Cl)ccc1N1CCOCC1)N[C@H]1CCCOC1. The number of hydrogen-bond acceptors (Lipinski definition) is 4. The molecule has 0 aliphatic carbocycles. The molecule has 126 valence electrons. The monoisotopic (exact) mass is 339 g/mol. The predicted molar refractivity (Wildman–Crippen MR) is 90.5 cm³/mol. The van der Waals surface area contributed by atoms with Crippen LogP contribution in [0.4, 0.5) is 16.2 Å². The second-order valence-corrected chi connectivity index (χ2v) is 6.21. The van der Waals surface area contributed by atoms with Gasteiger partial charge in [-0.15, -0.1) is 0 Å². The van der Waals surface area contributed by atoms with Crippen LogP contribution >= 0.6 is 11.6 Å². The van der Waals surface area contributed by atoms with Crippen molar-refractivity contribution in [2.75, 3.05) is 49.7 Å². The zero-order valence-corrected chi connectivity index (χ0v) is 13.8. The minimum atomic E-state index is -0.225. The molecule has 1 aromatic rings. The Hall–Kier alpha value is -1.50. The molecule has 6 nitrogen and oxygen atoms in total. The molecule has 23 heavy (non-hydrogen) atoms. The molecular formula is C16H22ClN3O3. The Morgan fingerprint density at radius 3 is 2.78 bits per heavy atom. The smallest absolute Gasteiger partial charge is 0.319 e. The summed E-state index contributed by atoms with van der Waals surface area (Å²) >= 11 is 6.10. The summed E-state index contributed by atoms with van der Waals surface area (Å²) in [7, 11) is 0. The third-order valence-corrected chi connectivity index (χ3v) is 4.29. The highest BCUT2D eigenvalue weighted by Crippen LogP contribution is 2.29. The number of nitrogens with one attached hydrogen (secondary N) is 2. The van der Waals surface area contributed by atoms with E-state index in [0.29, 0.717) is 30.5 Å². The zero-order valence-electron chi connectivity index (χ0n) is 13.0. The van der Waals surface area contributed by atoms with Gasteiger partial charge in [0.25, 0.3) is 0 Å². The van der Waals surface area contributed by atoms with Crippen molar-refractivity contribution in [3.8, 4) is 0 Å². The van der Waals surface area contributed by atoms with E-state index in [-0.39, 0.29) is 12.1 Å². The fourth-order valence-electron chi connectivity index (χ4n) is 2.89. The Labute approximate surface area is 141 Å². The number of ether oxygens (including phenoxy) is 2. The van der Waals surface area contributed by atoms with Gasteiger partial charge in [0.15, 0.2) is 0 Å². The summed E-state index contributed by atoms with van der Waals surface area (Å²) in [5.41, 5.74) is 1.68. The largest absolute Gasteiger partial charge is 0.379 e. The van der Waals surface area contributed by atoms with Crippen molar-refractivity contribution in [1.82, 2.24) is 5.32 Å². The fourth-order valence-corrected chi connectivity index (χ4v) is 3.06. The molecule has 0 radical (unpaired) electrons. The van der Waals surface area contributed by atoms with E-state index in [0.717, 1.165) is 38.2 Å². The van der Waals surface area contributed by atoms with Gasteiger partial charge >= 0.3 is 6.03 Å². The topological polar surface area (TPSA) is 62.8 Å². The van der Waals surface area contributed by atoms with E-state index in [9.17, 15) is 4.79 Å². The van der Waals surface area contributed by atoms with Crippen LogP contribution < -0.4 is 15.5 Å². The van der Waals surface area contributed by atoms with E-state index in [1.54, 1.807) is 6.07 Å². The molecule has 0 saturated carbocycles. The molecule has 1 atom stereocenters. The lowest BCUT2D eigenvalue weighted by molar-refractivity contribution is 0.0739. The highest BCUT2D eigenvalue weighted by atomic mass is 35.5. The Balaban J connectivity index is 1.67. The van der Waals surface area contributed by atoms with Crippen LogP contribution in [0.5, 0.6) is 0 Å². The van der Waals surface area contributed by atoms with Crippen LogP contribution in [-0.2, 0) is 9.47 Å². The Morgan fingerprint density at radius 1 is 1.22 bits per heavy atom. The van der Waals surface area contributed by atoms with Gasteiger partial charge in [-0.3, -0.25) is 0 Å². The van der Waals surface area contributed by atoms with Gasteiger partial charge < -0.3 is 25.0 Å². The number of halogens is 1. The van der Waals surface area contributed by atoms with Crippen LogP contribution in [0, 0.1) is 0 Å². The van der Waals surface area contributed by atoms with Gasteiger partial charge in [-0.2, -0.15) is 0 Å². The first-order chi connectivity index (χ1) is 11.2. The number of urea groups is 1. The number of morpholine rings is 1. The number of carbonyl (C=O) groups excluding carboxylic acids is 1. The van der Waals surface area contributed by atoms with Crippen molar-refractivity contribution >= 4 is 29.0 Å². The van der Waals surface area contributed by atoms with Gasteiger partial charge in [-0.1, -0.05) is 11.6 Å². The first-order valence-corrected chi connectivity index (χ1v) is 8.38. The third kappa shape index (κ3) is 4.50. The quantitative estimate of drug-likeness (QED) is 0.888. The van der Waals surface area contributed by atoms with Gasteiger partial charge in [0.05, 0.1) is 37.2 Å². The summed E-state index contributed by atoms with van der Waals surface area (Å²) in [4.78, 5) is 14.5. The van der Waals surface area contributed by atoms with Crippen molar-refractivity contribution in [2.24, 2.45) is 0 Å². The molecule has 2 amide bonds. The van der Waals surface area contributed by atoms with E-state index in [4.69, 9.17) is 21.1 Å². The third-order valence-electron chi connectivity index (χ3n) is 4.05. The number of benzene rings is 1. The maximum absolute atomic E-state index is 12.3. The summed E-state index contributed by atoms with van der Waals surface area (Å²) in [5, 5.41) is 6.47. The number of anilines is 2. The molecule has 2 N–H and O–H groups in total. The maximum Gasteiger partial charge on any atom is 0.319 e. The minimum Gasteiger partial charge on any atom is -0.379 e. The van der Waals surface area contributed by atoms with Gasteiger partial charge in [0.1, 0.15) is 0 Å². The Kier molecular flexibility index (Phi) is 5.59. The lowest BCUT2D eigenvalue weighted by Gasteiger charge is -2.31. The maximum atomic E-state index is 12.3. The number of nitrogens with zero attached hydrogens (tertiary/aromatic N) is 1. The van der Waals surface area contributed by atoms with Crippen molar-refractivity contribution in [3.63, 3.8) is 0 Å². The number of carbonyl (C=O) groups is 1. The number of rotatable bonds is 3. The molecule has 1 aromatic carbocycles. The van der Waals surface area contributed by atoms with Gasteiger partial charge in [-0.05, 0) is 31.0 Å². The van der Waals surface area contributed by atoms with Crippen molar-refractivity contribution in [1.29, 1.82) is 0 Å². The molecule has 3 rings (SSSR count). The van der Waals surface area contributed by atoms with E-state index in [1.807, 2.05) is 12.1 Å². The highest BCUT2D eigenvalue weighted by Gasteiger charge is 2.19. The van der Waals surface area contributed by atoms with Crippen LogP contribution in [0.1, 0.15) is 12.8 Å². The van der Waals surface area contributed by atoms with Crippen LogP contribution in [0.2, 0.25) is 5.02 Å². The molecule has 2 aliphatic rings. The molecule has 0 spiro atoms. The molecule has 2 fully saturated rings. The normalized spacial score (nSPS) is 21.8. The van der Waals surface area contributed by atoms with Gasteiger partial charge in [0.2, 0.25) is 0 Å². The standard InChI is InChI=1S/C16H22ClN3O3/c17-12-3-4-15(20-5-8-22-9-6-20)14(10-12)19-16(21)18-13-2-1-7-23-11-13/h3-4,10,13H,1-2,5-9,11H2,(H2,18,19,21)/t13-/m0/s1. The molecule has 0 aromatic heterocycles. The van der Waals surface area contributed by atoms with Crippen molar-refractivity contribution in [2.45, 2.75) is 18.9 Å². The predicted octanol–water partition coefficient (Wildman–Crippen LogP) is 2.48. The highest BCUT2D eigenvalue weighted by molar-refractivity contribution is 6.31. The lowest BCUT2D eigenvalue weighted by Crippen LogP contribution is -2.43. The van der Waals surface area contributed by atoms with Crippen LogP contribution in [0.25, 0.3) is 0 Å². The zero-order chi connectivity index (χ0) is 16.1.